The first-order valence-corrected chi connectivity index (χ1v) is 8.07. The van der Waals surface area contributed by atoms with E-state index in [1.807, 2.05) is 7.05 Å². The molecule has 1 N–H and O–H groups in total. The second kappa shape index (κ2) is 8.96. The average Bonchev–Trinajstić information content (AvgIpc) is 2.47. The van der Waals surface area contributed by atoms with E-state index < -0.39 is 0 Å². The molecule has 0 aliphatic carbocycles. The minimum atomic E-state index is 0.545. The highest BCUT2D eigenvalue weighted by atomic mass is 15.2. The Kier molecular flexibility index (Phi) is 7.60. The van der Waals surface area contributed by atoms with Gasteiger partial charge in [0.15, 0.2) is 0 Å². The molecular formula is C17H31N3. The lowest BCUT2D eigenvalue weighted by Gasteiger charge is -2.30. The van der Waals surface area contributed by atoms with Crippen LogP contribution < -0.4 is 10.2 Å². The van der Waals surface area contributed by atoms with Crippen molar-refractivity contribution in [1.82, 2.24) is 10.3 Å². The van der Waals surface area contributed by atoms with Crippen molar-refractivity contribution in [3.63, 3.8) is 0 Å². The smallest absolute Gasteiger partial charge is 0.129 e. The maximum absolute atomic E-state index is 4.85. The quantitative estimate of drug-likeness (QED) is 0.745. The summed E-state index contributed by atoms with van der Waals surface area (Å²) in [5.74, 6) is 1.15. The van der Waals surface area contributed by atoms with Crippen LogP contribution in [0.2, 0.25) is 0 Å². The Hall–Kier alpha value is -1.09. The van der Waals surface area contributed by atoms with Gasteiger partial charge in [-0.25, -0.2) is 4.98 Å². The second-order valence-corrected chi connectivity index (χ2v) is 5.51. The van der Waals surface area contributed by atoms with Gasteiger partial charge in [0.2, 0.25) is 0 Å². The largest absolute Gasteiger partial charge is 0.354 e. The van der Waals surface area contributed by atoms with E-state index in [2.05, 4.69) is 50.0 Å². The van der Waals surface area contributed by atoms with Crippen molar-refractivity contribution in [2.24, 2.45) is 0 Å². The predicted molar refractivity (Wildman–Crippen MR) is 88.4 cm³/mol. The molecule has 0 aromatic carbocycles. The SMILES string of the molecule is CCCCN(c1cc(CNC)cc(CC)n1)C(C)CC. The number of hydrogen-bond acceptors (Lipinski definition) is 3. The summed E-state index contributed by atoms with van der Waals surface area (Å²) in [5.41, 5.74) is 2.52. The lowest BCUT2D eigenvalue weighted by molar-refractivity contribution is 0.588. The van der Waals surface area contributed by atoms with Crippen LogP contribution in [0.3, 0.4) is 0 Å². The van der Waals surface area contributed by atoms with E-state index >= 15 is 0 Å². The summed E-state index contributed by atoms with van der Waals surface area (Å²) < 4.78 is 0. The minimum absolute atomic E-state index is 0.545. The number of rotatable bonds is 9. The molecule has 1 heterocycles. The molecule has 1 aromatic rings. The molecule has 114 valence electrons. The van der Waals surface area contributed by atoms with Gasteiger partial charge in [-0.1, -0.05) is 27.2 Å². The zero-order chi connectivity index (χ0) is 15.0. The lowest BCUT2D eigenvalue weighted by Crippen LogP contribution is -2.34. The van der Waals surface area contributed by atoms with E-state index in [-0.39, 0.29) is 0 Å². The van der Waals surface area contributed by atoms with Gasteiger partial charge in [0.05, 0.1) is 0 Å². The van der Waals surface area contributed by atoms with Crippen LogP contribution in [0.1, 0.15) is 58.2 Å². The summed E-state index contributed by atoms with van der Waals surface area (Å²) >= 11 is 0. The van der Waals surface area contributed by atoms with Gasteiger partial charge >= 0.3 is 0 Å². The van der Waals surface area contributed by atoms with Crippen molar-refractivity contribution in [1.29, 1.82) is 0 Å². The molecule has 0 amide bonds. The standard InChI is InChI=1S/C17H31N3/c1-6-9-10-20(14(4)7-2)17-12-15(13-18-5)11-16(8-3)19-17/h11-12,14,18H,6-10,13H2,1-5H3. The molecule has 0 saturated heterocycles. The van der Waals surface area contributed by atoms with Gasteiger partial charge < -0.3 is 10.2 Å². The number of nitrogens with one attached hydrogen (secondary N) is 1. The van der Waals surface area contributed by atoms with Crippen LogP contribution in [0, 0.1) is 0 Å². The molecule has 0 radical (unpaired) electrons. The lowest BCUT2D eigenvalue weighted by atomic mass is 10.1. The molecule has 0 aliphatic heterocycles. The number of aromatic nitrogens is 1. The van der Waals surface area contributed by atoms with E-state index in [9.17, 15) is 0 Å². The molecule has 3 heteroatoms. The summed E-state index contributed by atoms with van der Waals surface area (Å²) in [6.45, 7) is 11.0. The fourth-order valence-corrected chi connectivity index (χ4v) is 2.38. The monoisotopic (exact) mass is 277 g/mol. The van der Waals surface area contributed by atoms with E-state index in [1.165, 1.54) is 24.1 Å². The third-order valence-corrected chi connectivity index (χ3v) is 3.84. The Morgan fingerprint density at radius 3 is 2.55 bits per heavy atom. The Balaban J connectivity index is 3.06. The van der Waals surface area contributed by atoms with Crippen LogP contribution in [-0.2, 0) is 13.0 Å². The molecule has 3 nitrogen and oxygen atoms in total. The van der Waals surface area contributed by atoms with Gasteiger partial charge in [-0.15, -0.1) is 0 Å². The minimum Gasteiger partial charge on any atom is -0.354 e. The Bertz CT molecular complexity index is 390. The van der Waals surface area contributed by atoms with Crippen molar-refractivity contribution in [3.05, 3.63) is 23.4 Å². The maximum atomic E-state index is 4.85. The number of hydrogen-bond donors (Lipinski definition) is 1. The highest BCUT2D eigenvalue weighted by Gasteiger charge is 2.15. The first-order chi connectivity index (χ1) is 9.65. The molecule has 0 bridgehead atoms. The van der Waals surface area contributed by atoms with Crippen LogP contribution in [0.25, 0.3) is 0 Å². The summed E-state index contributed by atoms with van der Waals surface area (Å²) in [6.07, 6.45) is 4.60. The molecule has 1 aromatic heterocycles. The molecule has 1 unspecified atom stereocenters. The van der Waals surface area contributed by atoms with Crippen molar-refractivity contribution in [2.75, 3.05) is 18.5 Å². The number of pyridine rings is 1. The Morgan fingerprint density at radius 1 is 1.25 bits per heavy atom. The van der Waals surface area contributed by atoms with Gasteiger partial charge in [0, 0.05) is 24.8 Å². The third kappa shape index (κ3) is 4.78. The molecule has 0 saturated carbocycles. The van der Waals surface area contributed by atoms with Crippen molar-refractivity contribution in [2.45, 2.75) is 66.0 Å². The van der Waals surface area contributed by atoms with Crippen LogP contribution in [-0.4, -0.2) is 24.6 Å². The summed E-state index contributed by atoms with van der Waals surface area (Å²) in [4.78, 5) is 7.33. The van der Waals surface area contributed by atoms with E-state index in [4.69, 9.17) is 4.98 Å². The van der Waals surface area contributed by atoms with E-state index in [1.54, 1.807) is 0 Å². The molecule has 0 fully saturated rings. The van der Waals surface area contributed by atoms with Gasteiger partial charge in [-0.3, -0.25) is 0 Å². The van der Waals surface area contributed by atoms with Crippen LogP contribution in [0.4, 0.5) is 5.82 Å². The fraction of sp³-hybridized carbons (Fsp3) is 0.706. The number of nitrogens with zero attached hydrogens (tertiary/aromatic N) is 2. The molecule has 0 aliphatic rings. The molecule has 1 rings (SSSR count). The van der Waals surface area contributed by atoms with E-state index in [0.29, 0.717) is 6.04 Å². The fourth-order valence-electron chi connectivity index (χ4n) is 2.38. The first kappa shape index (κ1) is 17.0. The zero-order valence-electron chi connectivity index (χ0n) is 13.9. The normalized spacial score (nSPS) is 12.4. The molecule has 20 heavy (non-hydrogen) atoms. The van der Waals surface area contributed by atoms with Gasteiger partial charge in [0.1, 0.15) is 5.82 Å². The van der Waals surface area contributed by atoms with Crippen molar-refractivity contribution < 1.29 is 0 Å². The number of aryl methyl sites for hydroxylation is 1. The van der Waals surface area contributed by atoms with Crippen LogP contribution in [0.15, 0.2) is 12.1 Å². The van der Waals surface area contributed by atoms with Crippen molar-refractivity contribution in [3.8, 4) is 0 Å². The highest BCUT2D eigenvalue weighted by Crippen LogP contribution is 2.20. The maximum Gasteiger partial charge on any atom is 0.129 e. The molecule has 1 atom stereocenters. The summed E-state index contributed by atoms with van der Waals surface area (Å²) in [7, 11) is 2.00. The Morgan fingerprint density at radius 2 is 2.00 bits per heavy atom. The topological polar surface area (TPSA) is 28.2 Å². The van der Waals surface area contributed by atoms with Crippen LogP contribution >= 0.6 is 0 Å². The number of anilines is 1. The predicted octanol–water partition coefficient (Wildman–Crippen LogP) is 3.77. The second-order valence-electron chi connectivity index (χ2n) is 5.51. The zero-order valence-corrected chi connectivity index (χ0v) is 13.9. The van der Waals surface area contributed by atoms with E-state index in [0.717, 1.165) is 31.7 Å². The third-order valence-electron chi connectivity index (χ3n) is 3.84. The van der Waals surface area contributed by atoms with Crippen molar-refractivity contribution >= 4 is 5.82 Å². The number of unbranched alkanes of at least 4 members (excludes halogenated alkanes) is 1. The highest BCUT2D eigenvalue weighted by molar-refractivity contribution is 5.44. The average molecular weight is 277 g/mol. The summed E-state index contributed by atoms with van der Waals surface area (Å²) in [6, 6.07) is 5.01. The van der Waals surface area contributed by atoms with Gasteiger partial charge in [-0.2, -0.15) is 0 Å². The first-order valence-electron chi connectivity index (χ1n) is 8.07. The molecular weight excluding hydrogens is 246 g/mol. The summed E-state index contributed by atoms with van der Waals surface area (Å²) in [5, 5.41) is 3.24. The van der Waals surface area contributed by atoms with Crippen LogP contribution in [0.5, 0.6) is 0 Å². The van der Waals surface area contributed by atoms with Gasteiger partial charge in [0.25, 0.3) is 0 Å². The van der Waals surface area contributed by atoms with Gasteiger partial charge in [-0.05, 0) is 50.9 Å². The molecule has 0 spiro atoms. The Labute approximate surface area is 124 Å².